The Labute approximate surface area is 104 Å². The van der Waals surface area contributed by atoms with Crippen LogP contribution in [0.3, 0.4) is 0 Å². The van der Waals surface area contributed by atoms with Crippen LogP contribution in [0.5, 0.6) is 5.75 Å². The molecule has 18 heavy (non-hydrogen) atoms. The molecule has 0 spiro atoms. The summed E-state index contributed by atoms with van der Waals surface area (Å²) in [5.74, 6) is 0.725. The molecule has 2 rings (SSSR count). The number of nitrogens with two attached hydrogens (primary N) is 1. The number of nitro benzene ring substituents is 1. The second kappa shape index (κ2) is 4.75. The van der Waals surface area contributed by atoms with Crippen LogP contribution in [0.1, 0.15) is 0 Å². The van der Waals surface area contributed by atoms with E-state index in [4.69, 9.17) is 10.5 Å². The molecule has 0 saturated heterocycles. The minimum atomic E-state index is -0.438. The van der Waals surface area contributed by atoms with Crippen molar-refractivity contribution in [2.45, 2.75) is 0 Å². The van der Waals surface area contributed by atoms with Crippen LogP contribution in [-0.4, -0.2) is 12.0 Å². The lowest BCUT2D eigenvalue weighted by molar-refractivity contribution is -0.384. The molecule has 0 amide bonds. The van der Waals surface area contributed by atoms with Crippen LogP contribution in [0.4, 0.5) is 11.4 Å². The number of methoxy groups -OCH3 is 1. The fraction of sp³-hybridized carbons (Fsp3) is 0.0769. The summed E-state index contributed by atoms with van der Waals surface area (Å²) in [5, 5.41) is 10.7. The fourth-order valence-corrected chi connectivity index (χ4v) is 1.68. The Bertz CT molecular complexity index is 579. The van der Waals surface area contributed by atoms with Crippen LogP contribution >= 0.6 is 0 Å². The van der Waals surface area contributed by atoms with Crippen molar-refractivity contribution in [2.24, 2.45) is 0 Å². The molecule has 5 nitrogen and oxygen atoms in total. The molecule has 0 fully saturated rings. The summed E-state index contributed by atoms with van der Waals surface area (Å²) in [5.41, 5.74) is 7.83. The van der Waals surface area contributed by atoms with Gasteiger partial charge in [0, 0.05) is 23.4 Å². The minimum Gasteiger partial charge on any atom is -0.497 e. The van der Waals surface area contributed by atoms with Gasteiger partial charge >= 0.3 is 0 Å². The van der Waals surface area contributed by atoms with Crippen molar-refractivity contribution in [1.29, 1.82) is 0 Å². The second-order valence-electron chi connectivity index (χ2n) is 3.76. The van der Waals surface area contributed by atoms with Gasteiger partial charge in [-0.2, -0.15) is 0 Å². The first-order chi connectivity index (χ1) is 8.61. The average Bonchev–Trinajstić information content (AvgIpc) is 2.39. The molecule has 0 bridgehead atoms. The molecule has 92 valence electrons. The van der Waals surface area contributed by atoms with Gasteiger partial charge < -0.3 is 10.5 Å². The molecule has 0 radical (unpaired) electrons. The molecule has 5 heteroatoms. The Morgan fingerprint density at radius 1 is 1.17 bits per heavy atom. The number of ether oxygens (including phenoxy) is 1. The van der Waals surface area contributed by atoms with Gasteiger partial charge in [-0.15, -0.1) is 0 Å². The summed E-state index contributed by atoms with van der Waals surface area (Å²) in [6, 6.07) is 11.6. The predicted molar refractivity (Wildman–Crippen MR) is 69.5 cm³/mol. The number of nitro groups is 1. The number of benzene rings is 2. The lowest BCUT2D eigenvalue weighted by Crippen LogP contribution is -1.94. The lowest BCUT2D eigenvalue weighted by Gasteiger charge is -2.06. The van der Waals surface area contributed by atoms with Crippen molar-refractivity contribution in [3.05, 3.63) is 52.6 Å². The predicted octanol–water partition coefficient (Wildman–Crippen LogP) is 2.85. The SMILES string of the molecule is COc1ccc(-c2cc([N+](=O)[O-])ccc2N)cc1. The molecule has 2 aromatic rings. The standard InChI is InChI=1S/C13H12N2O3/c1-18-11-5-2-9(3-6-11)12-8-10(15(16)17)4-7-13(12)14/h2-8H,14H2,1H3. The molecule has 0 unspecified atom stereocenters. The van der Waals surface area contributed by atoms with E-state index in [2.05, 4.69) is 0 Å². The van der Waals surface area contributed by atoms with Gasteiger partial charge in [-0.25, -0.2) is 0 Å². The van der Waals surface area contributed by atoms with Crippen molar-refractivity contribution < 1.29 is 9.66 Å². The van der Waals surface area contributed by atoms with E-state index in [1.54, 1.807) is 19.2 Å². The molecular formula is C13H12N2O3. The van der Waals surface area contributed by atoms with Crippen molar-refractivity contribution in [1.82, 2.24) is 0 Å². The number of hydrogen-bond donors (Lipinski definition) is 1. The topological polar surface area (TPSA) is 78.4 Å². The number of hydrogen-bond acceptors (Lipinski definition) is 4. The molecule has 2 aromatic carbocycles. The van der Waals surface area contributed by atoms with Crippen molar-refractivity contribution in [3.63, 3.8) is 0 Å². The van der Waals surface area contributed by atoms with Gasteiger partial charge in [0.05, 0.1) is 12.0 Å². The minimum absolute atomic E-state index is 0.0232. The van der Waals surface area contributed by atoms with Gasteiger partial charge in [0.15, 0.2) is 0 Å². The van der Waals surface area contributed by atoms with Gasteiger partial charge in [-0.05, 0) is 23.8 Å². The van der Waals surface area contributed by atoms with E-state index in [0.717, 1.165) is 11.3 Å². The average molecular weight is 244 g/mol. The fourth-order valence-electron chi connectivity index (χ4n) is 1.68. The third-order valence-electron chi connectivity index (χ3n) is 2.65. The van der Waals surface area contributed by atoms with E-state index < -0.39 is 4.92 Å². The van der Waals surface area contributed by atoms with Crippen LogP contribution in [0.2, 0.25) is 0 Å². The van der Waals surface area contributed by atoms with Crippen LogP contribution in [0.15, 0.2) is 42.5 Å². The van der Waals surface area contributed by atoms with Gasteiger partial charge in [0.25, 0.3) is 5.69 Å². The maximum Gasteiger partial charge on any atom is 0.270 e. The summed E-state index contributed by atoms with van der Waals surface area (Å²) < 4.78 is 5.06. The van der Waals surface area contributed by atoms with Gasteiger partial charge in [-0.1, -0.05) is 12.1 Å². The zero-order valence-electron chi connectivity index (χ0n) is 9.79. The zero-order valence-corrected chi connectivity index (χ0v) is 9.79. The largest absolute Gasteiger partial charge is 0.497 e. The molecule has 0 aliphatic heterocycles. The Morgan fingerprint density at radius 2 is 1.83 bits per heavy atom. The number of nitrogens with zero attached hydrogens (tertiary/aromatic N) is 1. The number of anilines is 1. The Kier molecular flexibility index (Phi) is 3.14. The first kappa shape index (κ1) is 11.9. The first-order valence-electron chi connectivity index (χ1n) is 5.30. The zero-order chi connectivity index (χ0) is 13.1. The van der Waals surface area contributed by atoms with E-state index in [1.165, 1.54) is 18.2 Å². The van der Waals surface area contributed by atoms with Gasteiger partial charge in [-0.3, -0.25) is 10.1 Å². The smallest absolute Gasteiger partial charge is 0.270 e. The van der Waals surface area contributed by atoms with Crippen molar-refractivity contribution in [3.8, 4) is 16.9 Å². The monoisotopic (exact) mass is 244 g/mol. The lowest BCUT2D eigenvalue weighted by atomic mass is 10.0. The molecular weight excluding hydrogens is 232 g/mol. The van der Waals surface area contributed by atoms with Gasteiger partial charge in [0.2, 0.25) is 0 Å². The van der Waals surface area contributed by atoms with E-state index in [9.17, 15) is 10.1 Å². The molecule has 0 aliphatic rings. The number of nitrogen functional groups attached to an aromatic ring is 1. The molecule has 0 heterocycles. The van der Waals surface area contributed by atoms with E-state index in [0.29, 0.717) is 11.3 Å². The second-order valence-corrected chi connectivity index (χ2v) is 3.76. The van der Waals surface area contributed by atoms with Gasteiger partial charge in [0.1, 0.15) is 5.75 Å². The summed E-state index contributed by atoms with van der Waals surface area (Å²) in [7, 11) is 1.58. The molecule has 0 atom stereocenters. The van der Waals surface area contributed by atoms with Crippen LogP contribution in [0.25, 0.3) is 11.1 Å². The first-order valence-corrected chi connectivity index (χ1v) is 5.30. The maximum absolute atomic E-state index is 10.7. The summed E-state index contributed by atoms with van der Waals surface area (Å²) in [6.07, 6.45) is 0. The van der Waals surface area contributed by atoms with Crippen molar-refractivity contribution >= 4 is 11.4 Å². The van der Waals surface area contributed by atoms with Crippen LogP contribution in [-0.2, 0) is 0 Å². The highest BCUT2D eigenvalue weighted by atomic mass is 16.6. The Balaban J connectivity index is 2.48. The summed E-state index contributed by atoms with van der Waals surface area (Å²) in [4.78, 5) is 10.3. The third-order valence-corrected chi connectivity index (χ3v) is 2.65. The third kappa shape index (κ3) is 2.24. The maximum atomic E-state index is 10.7. The highest BCUT2D eigenvalue weighted by Crippen LogP contribution is 2.30. The molecule has 0 aliphatic carbocycles. The quantitative estimate of drug-likeness (QED) is 0.511. The number of non-ortho nitro benzene ring substituents is 1. The van der Waals surface area contributed by atoms with E-state index >= 15 is 0 Å². The van der Waals surface area contributed by atoms with Crippen LogP contribution in [0, 0.1) is 10.1 Å². The summed E-state index contributed by atoms with van der Waals surface area (Å²) in [6.45, 7) is 0. The highest BCUT2D eigenvalue weighted by Gasteiger charge is 2.10. The Morgan fingerprint density at radius 3 is 2.39 bits per heavy atom. The highest BCUT2D eigenvalue weighted by molar-refractivity contribution is 5.78. The molecule has 0 aromatic heterocycles. The van der Waals surface area contributed by atoms with Crippen molar-refractivity contribution in [2.75, 3.05) is 12.8 Å². The van der Waals surface area contributed by atoms with Crippen LogP contribution < -0.4 is 10.5 Å². The van der Waals surface area contributed by atoms with E-state index in [-0.39, 0.29) is 5.69 Å². The normalized spacial score (nSPS) is 10.1. The Hall–Kier alpha value is -2.56. The molecule has 0 saturated carbocycles. The molecule has 2 N–H and O–H groups in total. The summed E-state index contributed by atoms with van der Waals surface area (Å²) >= 11 is 0. The van der Waals surface area contributed by atoms with E-state index in [1.807, 2.05) is 12.1 Å². The number of rotatable bonds is 3.